The molecule has 0 amide bonds. The first-order valence-electron chi connectivity index (χ1n) is 5.68. The van der Waals surface area contributed by atoms with Gasteiger partial charge >= 0.3 is 0 Å². The fourth-order valence-corrected chi connectivity index (χ4v) is 1.75. The summed E-state index contributed by atoms with van der Waals surface area (Å²) in [5, 5.41) is 12.2. The molecule has 0 aliphatic carbocycles. The van der Waals surface area contributed by atoms with Crippen molar-refractivity contribution in [3.8, 4) is 6.07 Å². The molecule has 0 unspecified atom stereocenters. The van der Waals surface area contributed by atoms with Gasteiger partial charge in [-0.1, -0.05) is 18.2 Å². The van der Waals surface area contributed by atoms with Crippen molar-refractivity contribution in [1.82, 2.24) is 0 Å². The second kappa shape index (κ2) is 5.33. The predicted molar refractivity (Wildman–Crippen MR) is 69.6 cm³/mol. The van der Waals surface area contributed by atoms with Gasteiger partial charge in [0.05, 0.1) is 11.3 Å². The van der Waals surface area contributed by atoms with Gasteiger partial charge in [-0.2, -0.15) is 5.26 Å². The van der Waals surface area contributed by atoms with Gasteiger partial charge in [0.2, 0.25) is 0 Å². The van der Waals surface area contributed by atoms with E-state index >= 15 is 0 Å². The number of benzene rings is 2. The lowest BCUT2D eigenvalue weighted by Crippen LogP contribution is -2.01. The average molecular weight is 240 g/mol. The fourth-order valence-electron chi connectivity index (χ4n) is 1.75. The molecular weight excluding hydrogens is 227 g/mol. The van der Waals surface area contributed by atoms with Crippen LogP contribution in [0.3, 0.4) is 0 Å². The predicted octanol–water partition coefficient (Wildman–Crippen LogP) is 3.62. The molecule has 0 radical (unpaired) electrons. The maximum atomic E-state index is 13.0. The van der Waals surface area contributed by atoms with Crippen LogP contribution in [0, 0.1) is 24.1 Å². The first-order chi connectivity index (χ1) is 8.69. The number of rotatable bonds is 3. The molecule has 18 heavy (non-hydrogen) atoms. The Morgan fingerprint density at radius 2 is 2.06 bits per heavy atom. The number of hydrogen-bond acceptors (Lipinski definition) is 2. The largest absolute Gasteiger partial charge is 0.380 e. The van der Waals surface area contributed by atoms with Crippen LogP contribution in [0.5, 0.6) is 0 Å². The molecule has 0 bridgehead atoms. The van der Waals surface area contributed by atoms with Crippen LogP contribution in [-0.2, 0) is 6.54 Å². The van der Waals surface area contributed by atoms with Crippen molar-refractivity contribution in [3.05, 3.63) is 65.0 Å². The third-order valence-corrected chi connectivity index (χ3v) is 2.67. The van der Waals surface area contributed by atoms with Gasteiger partial charge in [0, 0.05) is 6.54 Å². The van der Waals surface area contributed by atoms with Crippen molar-refractivity contribution in [2.75, 3.05) is 5.32 Å². The minimum Gasteiger partial charge on any atom is -0.380 e. The maximum absolute atomic E-state index is 13.0. The SMILES string of the molecule is Cc1ccc(C#N)c(NCc2cccc(F)c2)c1. The van der Waals surface area contributed by atoms with Crippen LogP contribution < -0.4 is 5.32 Å². The molecule has 0 spiro atoms. The highest BCUT2D eigenvalue weighted by molar-refractivity contribution is 5.58. The van der Waals surface area contributed by atoms with Gasteiger partial charge in [0.15, 0.2) is 0 Å². The second-order valence-corrected chi connectivity index (χ2v) is 4.14. The molecule has 0 aliphatic rings. The molecule has 0 aromatic heterocycles. The summed E-state index contributed by atoms with van der Waals surface area (Å²) in [6.07, 6.45) is 0. The summed E-state index contributed by atoms with van der Waals surface area (Å²) in [5.74, 6) is -0.251. The molecule has 0 saturated heterocycles. The Kier molecular flexibility index (Phi) is 3.59. The topological polar surface area (TPSA) is 35.8 Å². The van der Waals surface area contributed by atoms with Crippen molar-refractivity contribution >= 4 is 5.69 Å². The molecule has 0 fully saturated rings. The maximum Gasteiger partial charge on any atom is 0.123 e. The highest BCUT2D eigenvalue weighted by Crippen LogP contribution is 2.17. The van der Waals surface area contributed by atoms with Crippen LogP contribution in [0.4, 0.5) is 10.1 Å². The van der Waals surface area contributed by atoms with Gasteiger partial charge in [0.1, 0.15) is 11.9 Å². The van der Waals surface area contributed by atoms with Crippen molar-refractivity contribution in [1.29, 1.82) is 5.26 Å². The Balaban J connectivity index is 2.15. The number of halogens is 1. The van der Waals surface area contributed by atoms with Crippen LogP contribution in [0.2, 0.25) is 0 Å². The molecule has 2 nitrogen and oxygen atoms in total. The first kappa shape index (κ1) is 12.1. The molecule has 2 rings (SSSR count). The molecule has 0 saturated carbocycles. The smallest absolute Gasteiger partial charge is 0.123 e. The van der Waals surface area contributed by atoms with Gasteiger partial charge in [-0.15, -0.1) is 0 Å². The summed E-state index contributed by atoms with van der Waals surface area (Å²) < 4.78 is 13.0. The quantitative estimate of drug-likeness (QED) is 0.889. The van der Waals surface area contributed by atoms with E-state index in [9.17, 15) is 4.39 Å². The lowest BCUT2D eigenvalue weighted by molar-refractivity contribution is 0.626. The summed E-state index contributed by atoms with van der Waals surface area (Å²) in [7, 11) is 0. The number of nitrogens with zero attached hydrogens (tertiary/aromatic N) is 1. The van der Waals surface area contributed by atoms with Crippen molar-refractivity contribution in [3.63, 3.8) is 0 Å². The summed E-state index contributed by atoms with van der Waals surface area (Å²) in [6, 6.07) is 14.1. The van der Waals surface area contributed by atoms with E-state index < -0.39 is 0 Å². The van der Waals surface area contributed by atoms with Crippen molar-refractivity contribution < 1.29 is 4.39 Å². The van der Waals surface area contributed by atoms with E-state index in [2.05, 4.69) is 11.4 Å². The van der Waals surface area contributed by atoms with Crippen LogP contribution in [0.1, 0.15) is 16.7 Å². The molecule has 2 aromatic rings. The summed E-state index contributed by atoms with van der Waals surface area (Å²) >= 11 is 0. The number of anilines is 1. The lowest BCUT2D eigenvalue weighted by atomic mass is 10.1. The van der Waals surface area contributed by atoms with Crippen LogP contribution in [0.15, 0.2) is 42.5 Å². The van der Waals surface area contributed by atoms with Crippen molar-refractivity contribution in [2.24, 2.45) is 0 Å². The second-order valence-electron chi connectivity index (χ2n) is 4.14. The minimum atomic E-state index is -0.251. The van der Waals surface area contributed by atoms with Crippen LogP contribution in [-0.4, -0.2) is 0 Å². The Labute approximate surface area is 106 Å². The Hall–Kier alpha value is -2.34. The van der Waals surface area contributed by atoms with E-state index in [-0.39, 0.29) is 5.82 Å². The van der Waals surface area contributed by atoms with Crippen molar-refractivity contribution in [2.45, 2.75) is 13.5 Å². The van der Waals surface area contributed by atoms with Gasteiger partial charge in [-0.25, -0.2) is 4.39 Å². The number of hydrogen-bond donors (Lipinski definition) is 1. The molecule has 90 valence electrons. The van der Waals surface area contributed by atoms with Gasteiger partial charge in [-0.05, 0) is 42.3 Å². The normalized spacial score (nSPS) is 9.83. The molecule has 0 aliphatic heterocycles. The molecule has 0 atom stereocenters. The van der Waals surface area contributed by atoms with Crippen LogP contribution >= 0.6 is 0 Å². The molecule has 3 heteroatoms. The number of aryl methyl sites for hydroxylation is 1. The third kappa shape index (κ3) is 2.86. The molecule has 1 N–H and O–H groups in total. The Morgan fingerprint density at radius 3 is 2.78 bits per heavy atom. The standard InChI is InChI=1S/C15H13FN2/c1-11-5-6-13(9-17)15(7-11)18-10-12-3-2-4-14(16)8-12/h2-8,18H,10H2,1H3. The first-order valence-corrected chi connectivity index (χ1v) is 5.68. The van der Waals surface area contributed by atoms with E-state index in [1.54, 1.807) is 12.1 Å². The summed E-state index contributed by atoms with van der Waals surface area (Å²) in [6.45, 7) is 2.46. The van der Waals surface area contributed by atoms with Gasteiger partial charge < -0.3 is 5.32 Å². The van der Waals surface area contributed by atoms with E-state index in [1.165, 1.54) is 12.1 Å². The van der Waals surface area contributed by atoms with E-state index in [0.717, 1.165) is 16.8 Å². The fraction of sp³-hybridized carbons (Fsp3) is 0.133. The average Bonchev–Trinajstić information content (AvgIpc) is 2.37. The van der Waals surface area contributed by atoms with Gasteiger partial charge in [-0.3, -0.25) is 0 Å². The lowest BCUT2D eigenvalue weighted by Gasteiger charge is -2.09. The highest BCUT2D eigenvalue weighted by atomic mass is 19.1. The van der Waals surface area contributed by atoms with Gasteiger partial charge in [0.25, 0.3) is 0 Å². The summed E-state index contributed by atoms with van der Waals surface area (Å²) in [5.41, 5.74) is 3.30. The highest BCUT2D eigenvalue weighted by Gasteiger charge is 2.02. The molecular formula is C15H13FN2. The minimum absolute atomic E-state index is 0.251. The Morgan fingerprint density at radius 1 is 1.22 bits per heavy atom. The zero-order valence-electron chi connectivity index (χ0n) is 10.1. The zero-order chi connectivity index (χ0) is 13.0. The monoisotopic (exact) mass is 240 g/mol. The third-order valence-electron chi connectivity index (χ3n) is 2.67. The summed E-state index contributed by atoms with van der Waals surface area (Å²) in [4.78, 5) is 0. The Bertz CT molecular complexity index is 600. The van der Waals surface area contributed by atoms with E-state index in [1.807, 2.05) is 25.1 Å². The zero-order valence-corrected chi connectivity index (χ0v) is 10.1. The number of nitriles is 1. The van der Waals surface area contributed by atoms with E-state index in [4.69, 9.17) is 5.26 Å². The van der Waals surface area contributed by atoms with Crippen LogP contribution in [0.25, 0.3) is 0 Å². The molecule has 2 aromatic carbocycles. The molecule has 0 heterocycles. The van der Waals surface area contributed by atoms with E-state index in [0.29, 0.717) is 12.1 Å². The number of nitrogens with one attached hydrogen (secondary N) is 1.